The molecule has 4 N–H and O–H groups in total. The molecule has 0 saturated carbocycles. The Bertz CT molecular complexity index is 429. The first-order valence-electron chi connectivity index (χ1n) is 3.66. The number of nitrogen functional groups attached to an aromatic ring is 1. The van der Waals surface area contributed by atoms with Crippen molar-refractivity contribution in [2.45, 2.75) is 0 Å². The van der Waals surface area contributed by atoms with E-state index in [1.54, 1.807) is 13.1 Å². The van der Waals surface area contributed by atoms with E-state index in [1.807, 2.05) is 0 Å². The number of hydrogen-bond donors (Lipinski definition) is 3. The van der Waals surface area contributed by atoms with Crippen molar-refractivity contribution in [1.29, 1.82) is 0 Å². The molecule has 0 spiro atoms. The first-order chi connectivity index (χ1) is 6.42. The Morgan fingerprint density at radius 3 is 2.57 bits per heavy atom. The lowest BCUT2D eigenvalue weighted by molar-refractivity contribution is 0.387. The largest absolute Gasteiger partial charge is 0.446 e. The van der Waals surface area contributed by atoms with Gasteiger partial charge in [0.2, 0.25) is 0 Å². The summed E-state index contributed by atoms with van der Waals surface area (Å²) in [5, 5.41) is 2.81. The first-order valence-corrected chi connectivity index (χ1v) is 5.03. The summed E-state index contributed by atoms with van der Waals surface area (Å²) in [5.41, 5.74) is 6.30. The van der Waals surface area contributed by atoms with Gasteiger partial charge in [-0.25, -0.2) is 0 Å². The second kappa shape index (κ2) is 3.72. The van der Waals surface area contributed by atoms with Crippen molar-refractivity contribution in [2.75, 3.05) is 18.1 Å². The fraction of sp³-hybridized carbons (Fsp3) is 0.143. The van der Waals surface area contributed by atoms with E-state index in [-0.39, 0.29) is 11.4 Å². The van der Waals surface area contributed by atoms with Crippen molar-refractivity contribution in [2.24, 2.45) is 0 Å². The Balaban J connectivity index is 3.01. The van der Waals surface area contributed by atoms with E-state index in [2.05, 4.69) is 9.50 Å². The maximum absolute atomic E-state index is 10.4. The van der Waals surface area contributed by atoms with Crippen LogP contribution >= 0.6 is 0 Å². The molecule has 0 fully saturated rings. The van der Waals surface area contributed by atoms with Gasteiger partial charge in [0.25, 0.3) is 0 Å². The Labute approximate surface area is 81.6 Å². The molecule has 1 aromatic rings. The van der Waals surface area contributed by atoms with Gasteiger partial charge in [-0.2, -0.15) is 8.42 Å². The van der Waals surface area contributed by atoms with Gasteiger partial charge in [0.1, 0.15) is 0 Å². The summed E-state index contributed by atoms with van der Waals surface area (Å²) in [6.45, 7) is 0. The summed E-state index contributed by atoms with van der Waals surface area (Å²) in [6.07, 6.45) is 0. The Morgan fingerprint density at radius 1 is 1.50 bits per heavy atom. The molecule has 6 nitrogen and oxygen atoms in total. The average Bonchev–Trinajstić information content (AvgIpc) is 2.06. The molecule has 0 saturated heterocycles. The minimum atomic E-state index is -4.52. The van der Waals surface area contributed by atoms with Gasteiger partial charge in [-0.3, -0.25) is 4.55 Å². The van der Waals surface area contributed by atoms with Crippen molar-refractivity contribution >= 4 is 21.8 Å². The van der Waals surface area contributed by atoms with E-state index in [0.717, 1.165) is 0 Å². The summed E-state index contributed by atoms with van der Waals surface area (Å²) in [7, 11) is -2.83. The molecule has 0 amide bonds. The molecular formula is C7H10N2O4S. The highest BCUT2D eigenvalue weighted by Gasteiger charge is 2.09. The molecule has 0 heterocycles. The molecule has 0 radical (unpaired) electrons. The predicted molar refractivity (Wildman–Crippen MR) is 52.6 cm³/mol. The minimum Gasteiger partial charge on any atom is -0.396 e. The van der Waals surface area contributed by atoms with E-state index in [0.29, 0.717) is 5.69 Å². The number of benzene rings is 1. The Morgan fingerprint density at radius 2 is 2.14 bits per heavy atom. The van der Waals surface area contributed by atoms with Crippen LogP contribution in [-0.4, -0.2) is 20.0 Å². The van der Waals surface area contributed by atoms with E-state index in [9.17, 15) is 8.42 Å². The third-order valence-corrected chi connectivity index (χ3v) is 1.88. The standard InChI is InChI=1S/C7H10N2O4S/c1-9-5-2-3-7(6(8)4-5)13-14(10,11)12/h2-4,9H,8H2,1H3,(H,10,11,12). The van der Waals surface area contributed by atoms with Gasteiger partial charge < -0.3 is 15.2 Å². The van der Waals surface area contributed by atoms with Crippen LogP contribution < -0.4 is 15.2 Å². The van der Waals surface area contributed by atoms with Crippen molar-refractivity contribution < 1.29 is 17.2 Å². The molecule has 0 atom stereocenters. The smallest absolute Gasteiger partial charge is 0.396 e. The second-order valence-corrected chi connectivity index (χ2v) is 3.54. The van der Waals surface area contributed by atoms with Crippen molar-refractivity contribution in [3.8, 4) is 5.75 Å². The van der Waals surface area contributed by atoms with Gasteiger partial charge >= 0.3 is 10.4 Å². The summed E-state index contributed by atoms with van der Waals surface area (Å²) >= 11 is 0. The van der Waals surface area contributed by atoms with E-state index in [4.69, 9.17) is 10.3 Å². The summed E-state index contributed by atoms with van der Waals surface area (Å²) in [4.78, 5) is 0. The zero-order valence-corrected chi connectivity index (χ0v) is 8.21. The Hall–Kier alpha value is -1.47. The molecule has 0 aliphatic rings. The molecule has 0 bridgehead atoms. The highest BCUT2D eigenvalue weighted by molar-refractivity contribution is 7.81. The molecule has 0 unspecified atom stereocenters. The quantitative estimate of drug-likeness (QED) is 0.504. The van der Waals surface area contributed by atoms with Crippen LogP contribution in [0.25, 0.3) is 0 Å². The van der Waals surface area contributed by atoms with E-state index >= 15 is 0 Å². The minimum absolute atomic E-state index is 0.105. The SMILES string of the molecule is CNc1ccc(OS(=O)(=O)O)c(N)c1. The lowest BCUT2D eigenvalue weighted by atomic mass is 10.2. The molecule has 7 heteroatoms. The maximum atomic E-state index is 10.4. The van der Waals surface area contributed by atoms with Crippen molar-refractivity contribution in [3.05, 3.63) is 18.2 Å². The number of nitrogens with two attached hydrogens (primary N) is 1. The van der Waals surface area contributed by atoms with Crippen LogP contribution in [0.15, 0.2) is 18.2 Å². The average molecular weight is 218 g/mol. The summed E-state index contributed by atoms with van der Waals surface area (Å²) in [5.74, 6) is -0.105. The zero-order chi connectivity index (χ0) is 10.8. The lowest BCUT2D eigenvalue weighted by Gasteiger charge is -2.06. The van der Waals surface area contributed by atoms with Crippen LogP contribution in [0.4, 0.5) is 11.4 Å². The monoisotopic (exact) mass is 218 g/mol. The van der Waals surface area contributed by atoms with Crippen molar-refractivity contribution in [1.82, 2.24) is 0 Å². The second-order valence-electron chi connectivity index (χ2n) is 2.51. The van der Waals surface area contributed by atoms with Gasteiger partial charge in [0, 0.05) is 12.7 Å². The first kappa shape index (κ1) is 10.6. The number of hydrogen-bond acceptors (Lipinski definition) is 5. The topological polar surface area (TPSA) is 102 Å². The molecule has 1 rings (SSSR count). The maximum Gasteiger partial charge on any atom is 0.446 e. The van der Waals surface area contributed by atoms with E-state index in [1.165, 1.54) is 12.1 Å². The van der Waals surface area contributed by atoms with Gasteiger partial charge in [0.15, 0.2) is 5.75 Å². The van der Waals surface area contributed by atoms with E-state index < -0.39 is 10.4 Å². The fourth-order valence-corrected chi connectivity index (χ4v) is 1.27. The molecular weight excluding hydrogens is 208 g/mol. The summed E-state index contributed by atoms with van der Waals surface area (Å²) < 4.78 is 33.3. The Kier molecular flexibility index (Phi) is 2.82. The molecule has 14 heavy (non-hydrogen) atoms. The van der Waals surface area contributed by atoms with Crippen LogP contribution in [0.1, 0.15) is 0 Å². The molecule has 0 aromatic heterocycles. The lowest BCUT2D eigenvalue weighted by Crippen LogP contribution is -2.08. The van der Waals surface area contributed by atoms with Crippen molar-refractivity contribution in [3.63, 3.8) is 0 Å². The van der Waals surface area contributed by atoms with Gasteiger partial charge in [0.05, 0.1) is 5.69 Å². The highest BCUT2D eigenvalue weighted by atomic mass is 32.3. The fourth-order valence-electron chi connectivity index (χ4n) is 0.893. The molecule has 0 aliphatic carbocycles. The molecule has 0 aliphatic heterocycles. The summed E-state index contributed by atoms with van der Waals surface area (Å²) in [6, 6.07) is 4.40. The van der Waals surface area contributed by atoms with Gasteiger partial charge in [-0.1, -0.05) is 0 Å². The predicted octanol–water partition coefficient (Wildman–Crippen LogP) is 0.492. The zero-order valence-electron chi connectivity index (χ0n) is 7.39. The number of anilines is 2. The van der Waals surface area contributed by atoms with Crippen LogP contribution in [0.5, 0.6) is 5.75 Å². The highest BCUT2D eigenvalue weighted by Crippen LogP contribution is 2.25. The molecule has 1 aromatic carbocycles. The number of nitrogens with one attached hydrogen (secondary N) is 1. The van der Waals surface area contributed by atoms with Crippen LogP contribution in [-0.2, 0) is 10.4 Å². The normalized spacial score (nSPS) is 11.0. The van der Waals surface area contributed by atoms with Crippen LogP contribution in [0, 0.1) is 0 Å². The number of rotatable bonds is 3. The third kappa shape index (κ3) is 2.79. The van der Waals surface area contributed by atoms with Gasteiger partial charge in [-0.15, -0.1) is 0 Å². The van der Waals surface area contributed by atoms with Crippen LogP contribution in [0.2, 0.25) is 0 Å². The van der Waals surface area contributed by atoms with Gasteiger partial charge in [-0.05, 0) is 18.2 Å². The van der Waals surface area contributed by atoms with Crippen LogP contribution in [0.3, 0.4) is 0 Å². The molecule has 78 valence electrons. The third-order valence-electron chi connectivity index (χ3n) is 1.49.